The Balaban J connectivity index is 2.42. The number of hydrogen-bond acceptors (Lipinski definition) is 4. The summed E-state index contributed by atoms with van der Waals surface area (Å²) in [4.78, 5) is 31.8. The van der Waals surface area contributed by atoms with E-state index in [1.165, 1.54) is 15.9 Å². The lowest BCUT2D eigenvalue weighted by molar-refractivity contribution is -0.146. The summed E-state index contributed by atoms with van der Waals surface area (Å²) in [7, 11) is 0. The number of benzene rings is 1. The molecule has 0 aliphatic rings. The van der Waals surface area contributed by atoms with Gasteiger partial charge in [0, 0.05) is 16.9 Å². The van der Waals surface area contributed by atoms with Gasteiger partial charge in [-0.05, 0) is 39.7 Å². The molecule has 1 N–H and O–H groups in total. The van der Waals surface area contributed by atoms with Gasteiger partial charge in [0.05, 0.1) is 5.39 Å². The van der Waals surface area contributed by atoms with E-state index in [1.54, 1.807) is 13.8 Å². The Bertz CT molecular complexity index is 1080. The molecule has 1 aromatic carbocycles. The number of fused-ring (bicyclic) bond motifs is 1. The van der Waals surface area contributed by atoms with Crippen LogP contribution < -0.4 is 5.56 Å². The van der Waals surface area contributed by atoms with E-state index in [-0.39, 0.29) is 5.56 Å². The van der Waals surface area contributed by atoms with Crippen molar-refractivity contribution >= 4 is 27.5 Å². The summed E-state index contributed by atoms with van der Waals surface area (Å²) < 4.78 is 1.37. The van der Waals surface area contributed by atoms with Crippen LogP contribution in [-0.4, -0.2) is 20.6 Å². The van der Waals surface area contributed by atoms with Gasteiger partial charge in [0.15, 0.2) is 0 Å². The van der Waals surface area contributed by atoms with Crippen LogP contribution in [0, 0.1) is 13.8 Å². The number of thiophene rings is 1. The number of nitrogens with zero attached hydrogens (tertiary/aromatic N) is 2. The zero-order valence-electron chi connectivity index (χ0n) is 16.3. The normalized spacial score (nSPS) is 11.9. The molecule has 0 aliphatic carbocycles. The first-order valence-corrected chi connectivity index (χ1v) is 9.86. The van der Waals surface area contributed by atoms with Crippen LogP contribution >= 0.6 is 11.3 Å². The minimum atomic E-state index is -1.37. The van der Waals surface area contributed by atoms with Gasteiger partial charge in [-0.2, -0.15) is 0 Å². The zero-order valence-corrected chi connectivity index (χ0v) is 17.1. The van der Waals surface area contributed by atoms with Crippen molar-refractivity contribution in [1.82, 2.24) is 9.55 Å². The highest BCUT2D eigenvalue weighted by Crippen LogP contribution is 2.36. The minimum absolute atomic E-state index is 0.282. The average Bonchev–Trinajstić information content (AvgIpc) is 2.92. The summed E-state index contributed by atoms with van der Waals surface area (Å²) in [5, 5.41) is 10.2. The van der Waals surface area contributed by atoms with E-state index in [1.807, 2.05) is 45.0 Å². The first-order chi connectivity index (χ1) is 12.7. The van der Waals surface area contributed by atoms with Crippen molar-refractivity contribution in [2.24, 2.45) is 0 Å². The monoisotopic (exact) mass is 384 g/mol. The maximum Gasteiger partial charge on any atom is 0.329 e. The van der Waals surface area contributed by atoms with E-state index in [4.69, 9.17) is 4.98 Å². The topological polar surface area (TPSA) is 72.2 Å². The Morgan fingerprint density at radius 1 is 1.22 bits per heavy atom. The Hall–Kier alpha value is -2.47. The molecule has 2 heterocycles. The largest absolute Gasteiger partial charge is 0.480 e. The summed E-state index contributed by atoms with van der Waals surface area (Å²) in [6.45, 7) is 9.09. The molecule has 0 fully saturated rings. The smallest absolute Gasteiger partial charge is 0.329 e. The van der Waals surface area contributed by atoms with Crippen LogP contribution in [-0.2, 0) is 16.8 Å². The predicted molar refractivity (Wildman–Crippen MR) is 110 cm³/mol. The number of hydrogen-bond donors (Lipinski definition) is 1. The van der Waals surface area contributed by atoms with Crippen molar-refractivity contribution in [2.75, 3.05) is 0 Å². The first-order valence-electron chi connectivity index (χ1n) is 9.04. The van der Waals surface area contributed by atoms with Crippen molar-refractivity contribution in [3.8, 4) is 11.1 Å². The second-order valence-electron chi connectivity index (χ2n) is 7.36. The van der Waals surface area contributed by atoms with Gasteiger partial charge in [0.2, 0.25) is 0 Å². The van der Waals surface area contributed by atoms with Crippen LogP contribution in [0.4, 0.5) is 0 Å². The lowest BCUT2D eigenvalue weighted by Gasteiger charge is -2.25. The molecule has 6 heteroatoms. The van der Waals surface area contributed by atoms with Gasteiger partial charge in [-0.25, -0.2) is 9.78 Å². The molecule has 5 nitrogen and oxygen atoms in total. The van der Waals surface area contributed by atoms with E-state index < -0.39 is 11.5 Å². The summed E-state index contributed by atoms with van der Waals surface area (Å²) in [5.74, 6) is -0.522. The van der Waals surface area contributed by atoms with Gasteiger partial charge >= 0.3 is 5.97 Å². The van der Waals surface area contributed by atoms with Crippen LogP contribution in [0.1, 0.15) is 43.5 Å². The standard InChI is InChI=1S/C21H24N2O3S/c1-6-7-15-22-18-17(19(24)23(15)21(4,5)20(25)26)16(13(3)27-18)14-10-8-12(2)9-11-14/h8-11H,6-7H2,1-5H3,(H,25,26). The average molecular weight is 385 g/mol. The number of rotatable bonds is 5. The molecule has 0 aliphatic heterocycles. The molecule has 0 saturated heterocycles. The highest BCUT2D eigenvalue weighted by molar-refractivity contribution is 7.19. The molecule has 3 aromatic rings. The molecule has 0 bridgehead atoms. The number of aromatic nitrogens is 2. The van der Waals surface area contributed by atoms with E-state index in [2.05, 4.69) is 0 Å². The number of carboxylic acid groups (broad SMARTS) is 1. The van der Waals surface area contributed by atoms with Crippen LogP contribution in [0.2, 0.25) is 0 Å². The third-order valence-electron chi connectivity index (χ3n) is 4.87. The van der Waals surface area contributed by atoms with Crippen molar-refractivity contribution in [2.45, 2.75) is 53.0 Å². The fourth-order valence-electron chi connectivity index (χ4n) is 3.33. The Labute approximate surface area is 162 Å². The fourth-order valence-corrected chi connectivity index (χ4v) is 4.39. The zero-order chi connectivity index (χ0) is 19.9. The minimum Gasteiger partial charge on any atom is -0.480 e. The fraction of sp³-hybridized carbons (Fsp3) is 0.381. The molecule has 0 saturated carbocycles. The van der Waals surface area contributed by atoms with E-state index in [0.717, 1.165) is 28.0 Å². The number of carboxylic acids is 1. The van der Waals surface area contributed by atoms with E-state index in [9.17, 15) is 14.7 Å². The van der Waals surface area contributed by atoms with Gasteiger partial charge in [-0.3, -0.25) is 9.36 Å². The summed E-state index contributed by atoms with van der Waals surface area (Å²) in [5.41, 5.74) is 1.29. The number of carbonyl (C=O) groups is 1. The van der Waals surface area contributed by atoms with Gasteiger partial charge in [-0.1, -0.05) is 36.8 Å². The number of aliphatic carboxylic acids is 1. The SMILES string of the molecule is CCCc1nc2sc(C)c(-c3ccc(C)cc3)c2c(=O)n1C(C)(C)C(=O)O. The first kappa shape index (κ1) is 19.3. The molecule has 2 aromatic heterocycles. The Morgan fingerprint density at radius 2 is 1.85 bits per heavy atom. The van der Waals surface area contributed by atoms with Crippen molar-refractivity contribution < 1.29 is 9.90 Å². The van der Waals surface area contributed by atoms with Gasteiger partial charge < -0.3 is 5.11 Å². The van der Waals surface area contributed by atoms with E-state index >= 15 is 0 Å². The third-order valence-corrected chi connectivity index (χ3v) is 5.87. The maximum absolute atomic E-state index is 13.5. The molecule has 0 unspecified atom stereocenters. The summed E-state index contributed by atoms with van der Waals surface area (Å²) in [6, 6.07) is 8.01. The van der Waals surface area contributed by atoms with Crippen molar-refractivity contribution in [1.29, 1.82) is 0 Å². The predicted octanol–water partition coefficient (Wildman–Crippen LogP) is 4.51. The molecular formula is C21H24N2O3S. The second-order valence-corrected chi connectivity index (χ2v) is 8.57. The van der Waals surface area contributed by atoms with Crippen molar-refractivity contribution in [3.05, 3.63) is 50.9 Å². The van der Waals surface area contributed by atoms with Gasteiger partial charge in [-0.15, -0.1) is 11.3 Å². The Morgan fingerprint density at radius 3 is 2.41 bits per heavy atom. The second kappa shape index (κ2) is 6.93. The van der Waals surface area contributed by atoms with E-state index in [0.29, 0.717) is 22.5 Å². The van der Waals surface area contributed by atoms with Crippen molar-refractivity contribution in [3.63, 3.8) is 0 Å². The summed E-state index contributed by atoms with van der Waals surface area (Å²) in [6.07, 6.45) is 1.33. The molecule has 142 valence electrons. The summed E-state index contributed by atoms with van der Waals surface area (Å²) >= 11 is 1.49. The molecule has 0 spiro atoms. The highest BCUT2D eigenvalue weighted by Gasteiger charge is 2.34. The quantitative estimate of drug-likeness (QED) is 0.702. The van der Waals surface area contributed by atoms with Crippen LogP contribution in [0.5, 0.6) is 0 Å². The van der Waals surface area contributed by atoms with Gasteiger partial charge in [0.25, 0.3) is 5.56 Å². The molecule has 0 atom stereocenters. The number of aryl methyl sites for hydroxylation is 3. The molecule has 27 heavy (non-hydrogen) atoms. The van der Waals surface area contributed by atoms with Gasteiger partial charge in [0.1, 0.15) is 16.2 Å². The third kappa shape index (κ3) is 3.18. The van der Waals surface area contributed by atoms with Crippen LogP contribution in [0.25, 0.3) is 21.3 Å². The van der Waals surface area contributed by atoms with Crippen LogP contribution in [0.15, 0.2) is 29.1 Å². The Kier molecular flexibility index (Phi) is 4.95. The lowest BCUT2D eigenvalue weighted by Crippen LogP contribution is -2.44. The molecule has 3 rings (SSSR count). The highest BCUT2D eigenvalue weighted by atomic mass is 32.1. The van der Waals surface area contributed by atoms with Crippen LogP contribution in [0.3, 0.4) is 0 Å². The molecule has 0 amide bonds. The molecular weight excluding hydrogens is 360 g/mol. The maximum atomic E-state index is 13.5. The lowest BCUT2D eigenvalue weighted by atomic mass is 10.0. The molecule has 0 radical (unpaired) electrons.